The Balaban J connectivity index is 2.46. The lowest BCUT2D eigenvalue weighted by atomic mass is 9.78. The molecule has 0 aromatic carbocycles. The molecule has 1 rings (SSSR count). The van der Waals surface area contributed by atoms with Gasteiger partial charge in [0.05, 0.1) is 0 Å². The van der Waals surface area contributed by atoms with Crippen LogP contribution in [-0.2, 0) is 4.79 Å². The molecular formula is C10H19NO3. The van der Waals surface area contributed by atoms with Crippen molar-refractivity contribution in [2.75, 3.05) is 13.1 Å². The van der Waals surface area contributed by atoms with Gasteiger partial charge in [-0.05, 0) is 5.92 Å². The minimum Gasteiger partial charge on any atom is -0.368 e. The molecule has 0 bridgehead atoms. The number of carbonyl (C=O) groups is 1. The zero-order valence-electron chi connectivity index (χ0n) is 8.97. The van der Waals surface area contributed by atoms with E-state index in [0.717, 1.165) is 0 Å². The fraction of sp³-hybridized carbons (Fsp3) is 0.900. The molecule has 1 unspecified atom stereocenters. The number of hydrogen-bond acceptors (Lipinski definition) is 3. The smallest absolute Gasteiger partial charge is 0.219 e. The quantitative estimate of drug-likeness (QED) is 0.634. The van der Waals surface area contributed by atoms with Crippen LogP contribution in [0.3, 0.4) is 0 Å². The molecule has 1 amide bonds. The highest BCUT2D eigenvalue weighted by Gasteiger charge is 2.39. The molecule has 14 heavy (non-hydrogen) atoms. The average Bonchev–Trinajstić information content (AvgIpc) is 1.92. The van der Waals surface area contributed by atoms with Gasteiger partial charge in [-0.3, -0.25) is 4.79 Å². The highest BCUT2D eigenvalue weighted by molar-refractivity contribution is 5.74. The average molecular weight is 201 g/mol. The number of aliphatic hydroxyl groups is 2. The molecule has 0 radical (unpaired) electrons. The van der Waals surface area contributed by atoms with Crippen LogP contribution in [0, 0.1) is 17.8 Å². The minimum absolute atomic E-state index is 0.0659. The Morgan fingerprint density at radius 2 is 1.86 bits per heavy atom. The Kier molecular flexibility index (Phi) is 3.50. The van der Waals surface area contributed by atoms with Gasteiger partial charge >= 0.3 is 0 Å². The van der Waals surface area contributed by atoms with E-state index in [1.807, 2.05) is 13.8 Å². The number of hydrogen-bond donors (Lipinski definition) is 2. The summed E-state index contributed by atoms with van der Waals surface area (Å²) < 4.78 is 0. The zero-order chi connectivity index (χ0) is 10.9. The molecule has 2 N–H and O–H groups in total. The Hall–Kier alpha value is -0.610. The summed E-state index contributed by atoms with van der Waals surface area (Å²) in [4.78, 5) is 12.7. The van der Waals surface area contributed by atoms with Gasteiger partial charge in [-0.25, -0.2) is 0 Å². The lowest BCUT2D eigenvalue weighted by Gasteiger charge is -2.44. The van der Waals surface area contributed by atoms with Crippen molar-refractivity contribution in [1.29, 1.82) is 0 Å². The lowest BCUT2D eigenvalue weighted by Crippen LogP contribution is -2.55. The van der Waals surface area contributed by atoms with Gasteiger partial charge in [-0.1, -0.05) is 13.8 Å². The van der Waals surface area contributed by atoms with Crippen molar-refractivity contribution in [1.82, 2.24) is 4.90 Å². The van der Waals surface area contributed by atoms with Gasteiger partial charge in [0.1, 0.15) is 0 Å². The number of amides is 1. The summed E-state index contributed by atoms with van der Waals surface area (Å²) in [5, 5.41) is 18.4. The third-order valence-electron chi connectivity index (χ3n) is 3.01. The molecule has 0 aromatic heterocycles. The standard InChI is InChI=1S/C10H19NO3/c1-6(2)9(10(13)14)8-4-11(5-8)7(3)12/h6,8-10,13-14H,4-5H2,1-3H3. The Morgan fingerprint density at radius 3 is 2.14 bits per heavy atom. The van der Waals surface area contributed by atoms with E-state index in [1.54, 1.807) is 4.90 Å². The number of carbonyl (C=O) groups excluding carboxylic acids is 1. The second kappa shape index (κ2) is 4.28. The second-order valence-corrected chi connectivity index (χ2v) is 4.42. The normalized spacial score (nSPS) is 20.1. The fourth-order valence-electron chi connectivity index (χ4n) is 2.15. The van der Waals surface area contributed by atoms with Crippen LogP contribution in [0.15, 0.2) is 0 Å². The predicted molar refractivity (Wildman–Crippen MR) is 52.3 cm³/mol. The number of nitrogens with zero attached hydrogens (tertiary/aromatic N) is 1. The third kappa shape index (κ3) is 2.25. The molecule has 0 saturated carbocycles. The number of rotatable bonds is 3. The predicted octanol–water partition coefficient (Wildman–Crippen LogP) is 0.0476. The molecule has 0 spiro atoms. The van der Waals surface area contributed by atoms with Crippen molar-refractivity contribution >= 4 is 5.91 Å². The van der Waals surface area contributed by atoms with Crippen molar-refractivity contribution in [2.45, 2.75) is 27.1 Å². The largest absolute Gasteiger partial charge is 0.368 e. The lowest BCUT2D eigenvalue weighted by molar-refractivity contribution is -0.154. The molecule has 1 heterocycles. The summed E-state index contributed by atoms with van der Waals surface area (Å²) in [7, 11) is 0. The Morgan fingerprint density at radius 1 is 1.36 bits per heavy atom. The number of likely N-dealkylation sites (tertiary alicyclic amines) is 1. The minimum atomic E-state index is -1.27. The van der Waals surface area contributed by atoms with Gasteiger partial charge < -0.3 is 15.1 Å². The van der Waals surface area contributed by atoms with Crippen LogP contribution >= 0.6 is 0 Å². The zero-order valence-corrected chi connectivity index (χ0v) is 8.97. The van der Waals surface area contributed by atoms with Gasteiger partial charge in [0.15, 0.2) is 6.29 Å². The van der Waals surface area contributed by atoms with Crippen LogP contribution in [0.25, 0.3) is 0 Å². The van der Waals surface area contributed by atoms with E-state index in [9.17, 15) is 15.0 Å². The molecule has 1 atom stereocenters. The molecule has 1 aliphatic heterocycles. The maximum Gasteiger partial charge on any atom is 0.219 e. The van der Waals surface area contributed by atoms with Crippen molar-refractivity contribution in [3.05, 3.63) is 0 Å². The summed E-state index contributed by atoms with van der Waals surface area (Å²) in [6, 6.07) is 0. The maximum absolute atomic E-state index is 10.9. The molecular weight excluding hydrogens is 182 g/mol. The van der Waals surface area contributed by atoms with Crippen LogP contribution < -0.4 is 0 Å². The maximum atomic E-state index is 10.9. The van der Waals surface area contributed by atoms with Gasteiger partial charge in [0.25, 0.3) is 0 Å². The van der Waals surface area contributed by atoms with E-state index in [-0.39, 0.29) is 23.7 Å². The Bertz CT molecular complexity index is 201. The van der Waals surface area contributed by atoms with E-state index in [0.29, 0.717) is 13.1 Å². The monoisotopic (exact) mass is 201 g/mol. The second-order valence-electron chi connectivity index (χ2n) is 4.42. The van der Waals surface area contributed by atoms with Crippen LogP contribution in [0.5, 0.6) is 0 Å². The van der Waals surface area contributed by atoms with Gasteiger partial charge in [-0.15, -0.1) is 0 Å². The summed E-state index contributed by atoms with van der Waals surface area (Å²) in [6.45, 7) is 6.81. The first-order valence-electron chi connectivity index (χ1n) is 5.05. The first-order chi connectivity index (χ1) is 6.43. The third-order valence-corrected chi connectivity index (χ3v) is 3.01. The highest BCUT2D eigenvalue weighted by Crippen LogP contribution is 2.31. The van der Waals surface area contributed by atoms with Crippen molar-refractivity contribution < 1.29 is 15.0 Å². The van der Waals surface area contributed by atoms with E-state index in [4.69, 9.17) is 0 Å². The van der Waals surface area contributed by atoms with Crippen molar-refractivity contribution in [3.8, 4) is 0 Å². The summed E-state index contributed by atoms with van der Waals surface area (Å²) in [5.74, 6) is 0.412. The molecule has 1 fully saturated rings. The van der Waals surface area contributed by atoms with E-state index in [2.05, 4.69) is 0 Å². The summed E-state index contributed by atoms with van der Waals surface area (Å²) >= 11 is 0. The highest BCUT2D eigenvalue weighted by atomic mass is 16.5. The number of aliphatic hydroxyl groups excluding tert-OH is 1. The molecule has 82 valence electrons. The van der Waals surface area contributed by atoms with Crippen LogP contribution in [0.2, 0.25) is 0 Å². The van der Waals surface area contributed by atoms with E-state index in [1.165, 1.54) is 6.92 Å². The van der Waals surface area contributed by atoms with Crippen LogP contribution in [0.1, 0.15) is 20.8 Å². The van der Waals surface area contributed by atoms with Gasteiger partial charge in [0.2, 0.25) is 5.91 Å². The first-order valence-corrected chi connectivity index (χ1v) is 5.05. The molecule has 4 heteroatoms. The van der Waals surface area contributed by atoms with Crippen molar-refractivity contribution in [2.24, 2.45) is 17.8 Å². The van der Waals surface area contributed by atoms with Gasteiger partial charge in [-0.2, -0.15) is 0 Å². The van der Waals surface area contributed by atoms with Gasteiger partial charge in [0, 0.05) is 31.8 Å². The van der Waals surface area contributed by atoms with Crippen LogP contribution in [0.4, 0.5) is 0 Å². The molecule has 4 nitrogen and oxygen atoms in total. The molecule has 1 aliphatic rings. The molecule has 1 saturated heterocycles. The molecule has 0 aromatic rings. The fourth-order valence-corrected chi connectivity index (χ4v) is 2.15. The van der Waals surface area contributed by atoms with E-state index < -0.39 is 6.29 Å². The topological polar surface area (TPSA) is 60.8 Å². The summed E-state index contributed by atoms with van der Waals surface area (Å²) in [6.07, 6.45) is -1.27. The van der Waals surface area contributed by atoms with E-state index >= 15 is 0 Å². The first kappa shape index (κ1) is 11.5. The Labute approximate surface area is 84.5 Å². The SMILES string of the molecule is CC(=O)N1CC(C(C(C)C)C(O)O)C1. The van der Waals surface area contributed by atoms with Crippen molar-refractivity contribution in [3.63, 3.8) is 0 Å². The summed E-state index contributed by atoms with van der Waals surface area (Å²) in [5.41, 5.74) is 0. The molecule has 0 aliphatic carbocycles. The van der Waals surface area contributed by atoms with Crippen LogP contribution in [-0.4, -0.2) is 40.4 Å².